The van der Waals surface area contributed by atoms with Crippen molar-refractivity contribution in [1.82, 2.24) is 9.97 Å². The van der Waals surface area contributed by atoms with Gasteiger partial charge in [-0.15, -0.1) is 0 Å². The molecule has 0 aliphatic rings. The van der Waals surface area contributed by atoms with Crippen molar-refractivity contribution in [1.29, 1.82) is 0 Å². The van der Waals surface area contributed by atoms with Crippen LogP contribution < -0.4 is 0 Å². The number of benzene rings is 2. The number of hydrogen-bond donors (Lipinski definition) is 1. The lowest BCUT2D eigenvalue weighted by Crippen LogP contribution is -1.80. The fourth-order valence-corrected chi connectivity index (χ4v) is 2.58. The van der Waals surface area contributed by atoms with Crippen molar-refractivity contribution in [3.05, 3.63) is 51.1 Å². The van der Waals surface area contributed by atoms with E-state index >= 15 is 0 Å². The summed E-state index contributed by atoms with van der Waals surface area (Å²) in [6.45, 7) is 4.21. The van der Waals surface area contributed by atoms with Crippen LogP contribution in [0, 0.1) is 17.4 Å². The lowest BCUT2D eigenvalue weighted by molar-refractivity contribution is 1.33. The summed E-state index contributed by atoms with van der Waals surface area (Å²) < 4.78 is 1.24. The molecule has 0 aliphatic carbocycles. The highest BCUT2D eigenvalue weighted by Gasteiger charge is 2.07. The first-order valence-corrected chi connectivity index (χ1v) is 6.94. The third kappa shape index (κ3) is 2.03. The Labute approximate surface area is 120 Å². The highest BCUT2D eigenvalue weighted by atomic mass is 127. The molecule has 90 valence electrons. The summed E-state index contributed by atoms with van der Waals surface area (Å²) in [4.78, 5) is 8.09. The van der Waals surface area contributed by atoms with Gasteiger partial charge in [-0.2, -0.15) is 0 Å². The molecule has 0 spiro atoms. The maximum absolute atomic E-state index is 4.70. The molecule has 0 bridgehead atoms. The Hall–Kier alpha value is -1.36. The molecule has 1 N–H and O–H groups in total. The van der Waals surface area contributed by atoms with Crippen molar-refractivity contribution < 1.29 is 0 Å². The van der Waals surface area contributed by atoms with Crippen molar-refractivity contribution in [2.24, 2.45) is 0 Å². The highest BCUT2D eigenvalue weighted by Crippen LogP contribution is 2.24. The number of imidazole rings is 1. The number of aromatic nitrogens is 2. The molecule has 2 aromatic carbocycles. The lowest BCUT2D eigenvalue weighted by Gasteiger charge is -1.96. The van der Waals surface area contributed by atoms with E-state index in [4.69, 9.17) is 4.98 Å². The Morgan fingerprint density at radius 1 is 1.06 bits per heavy atom. The Kier molecular flexibility index (Phi) is 2.86. The predicted octanol–water partition coefficient (Wildman–Crippen LogP) is 4.45. The first-order chi connectivity index (χ1) is 8.63. The molecule has 0 fully saturated rings. The monoisotopic (exact) mass is 348 g/mol. The van der Waals surface area contributed by atoms with Gasteiger partial charge in [-0.05, 0) is 65.8 Å². The van der Waals surface area contributed by atoms with Crippen LogP contribution in [-0.4, -0.2) is 9.97 Å². The van der Waals surface area contributed by atoms with Gasteiger partial charge in [-0.25, -0.2) is 4.98 Å². The van der Waals surface area contributed by atoms with Crippen LogP contribution in [0.3, 0.4) is 0 Å². The zero-order chi connectivity index (χ0) is 12.7. The maximum atomic E-state index is 4.70. The zero-order valence-electron chi connectivity index (χ0n) is 10.3. The van der Waals surface area contributed by atoms with Crippen molar-refractivity contribution in [2.45, 2.75) is 13.8 Å². The average molecular weight is 348 g/mol. The number of fused-ring (bicyclic) bond motifs is 1. The molecule has 0 atom stereocenters. The summed E-state index contributed by atoms with van der Waals surface area (Å²) in [7, 11) is 0. The van der Waals surface area contributed by atoms with Crippen LogP contribution in [0.1, 0.15) is 11.1 Å². The van der Waals surface area contributed by atoms with Gasteiger partial charge in [0.15, 0.2) is 0 Å². The van der Waals surface area contributed by atoms with E-state index in [1.54, 1.807) is 0 Å². The SMILES string of the molecule is Cc1cc(C)c2nc(-c3ccc(I)cc3)[nH]c2c1. The molecule has 0 saturated heterocycles. The van der Waals surface area contributed by atoms with Crippen molar-refractivity contribution in [3.8, 4) is 11.4 Å². The molecule has 0 unspecified atom stereocenters. The van der Waals surface area contributed by atoms with Crippen molar-refractivity contribution in [2.75, 3.05) is 0 Å². The van der Waals surface area contributed by atoms with Gasteiger partial charge in [0.1, 0.15) is 5.82 Å². The van der Waals surface area contributed by atoms with Gasteiger partial charge >= 0.3 is 0 Å². The number of nitrogens with zero attached hydrogens (tertiary/aromatic N) is 1. The van der Waals surface area contributed by atoms with E-state index in [0.717, 1.165) is 22.4 Å². The minimum Gasteiger partial charge on any atom is -0.338 e. The Morgan fingerprint density at radius 3 is 2.50 bits per heavy atom. The quantitative estimate of drug-likeness (QED) is 0.647. The van der Waals surface area contributed by atoms with Crippen molar-refractivity contribution in [3.63, 3.8) is 0 Å². The summed E-state index contributed by atoms with van der Waals surface area (Å²) in [6.07, 6.45) is 0. The molecule has 3 aromatic rings. The van der Waals surface area contributed by atoms with Gasteiger partial charge < -0.3 is 4.98 Å². The second kappa shape index (κ2) is 4.39. The van der Waals surface area contributed by atoms with Gasteiger partial charge in [0, 0.05) is 9.13 Å². The lowest BCUT2D eigenvalue weighted by atomic mass is 10.1. The van der Waals surface area contributed by atoms with Crippen LogP contribution in [-0.2, 0) is 0 Å². The van der Waals surface area contributed by atoms with Crippen LogP contribution in [0.5, 0.6) is 0 Å². The molecule has 1 heterocycles. The van der Waals surface area contributed by atoms with Crippen LogP contribution >= 0.6 is 22.6 Å². The van der Waals surface area contributed by atoms with Gasteiger partial charge in [0.05, 0.1) is 11.0 Å². The highest BCUT2D eigenvalue weighted by molar-refractivity contribution is 14.1. The molecule has 18 heavy (non-hydrogen) atoms. The van der Waals surface area contributed by atoms with E-state index in [1.165, 1.54) is 14.7 Å². The Bertz CT molecular complexity index is 711. The third-order valence-electron chi connectivity index (χ3n) is 3.04. The van der Waals surface area contributed by atoms with Crippen LogP contribution in [0.15, 0.2) is 36.4 Å². The van der Waals surface area contributed by atoms with E-state index in [-0.39, 0.29) is 0 Å². The molecule has 2 nitrogen and oxygen atoms in total. The average Bonchev–Trinajstić information content (AvgIpc) is 2.74. The molecule has 0 aliphatic heterocycles. The number of halogens is 1. The van der Waals surface area contributed by atoms with E-state index in [1.807, 2.05) is 0 Å². The first-order valence-electron chi connectivity index (χ1n) is 5.86. The maximum Gasteiger partial charge on any atom is 0.138 e. The number of aromatic amines is 1. The van der Waals surface area contributed by atoms with Gasteiger partial charge in [-0.1, -0.05) is 18.2 Å². The largest absolute Gasteiger partial charge is 0.338 e. The molecular weight excluding hydrogens is 335 g/mol. The predicted molar refractivity (Wildman–Crippen MR) is 83.7 cm³/mol. The second-order valence-corrected chi connectivity index (χ2v) is 5.82. The smallest absolute Gasteiger partial charge is 0.138 e. The topological polar surface area (TPSA) is 28.7 Å². The zero-order valence-corrected chi connectivity index (χ0v) is 12.4. The minimum absolute atomic E-state index is 0.940. The summed E-state index contributed by atoms with van der Waals surface area (Å²) in [6, 6.07) is 12.7. The molecule has 0 saturated carbocycles. The Morgan fingerprint density at radius 2 is 1.78 bits per heavy atom. The van der Waals surface area contributed by atoms with Crippen LogP contribution in [0.25, 0.3) is 22.4 Å². The number of rotatable bonds is 1. The van der Waals surface area contributed by atoms with Crippen molar-refractivity contribution >= 4 is 33.6 Å². The molecule has 1 aromatic heterocycles. The van der Waals surface area contributed by atoms with E-state index in [9.17, 15) is 0 Å². The van der Waals surface area contributed by atoms with Crippen LogP contribution in [0.2, 0.25) is 0 Å². The number of hydrogen-bond acceptors (Lipinski definition) is 1. The summed E-state index contributed by atoms with van der Waals surface area (Å²) in [5.74, 6) is 0.940. The number of H-pyrrole nitrogens is 1. The fourth-order valence-electron chi connectivity index (χ4n) is 2.22. The normalized spacial score (nSPS) is 11.1. The van der Waals surface area contributed by atoms with E-state index in [0.29, 0.717) is 0 Å². The summed E-state index contributed by atoms with van der Waals surface area (Å²) in [5, 5.41) is 0. The third-order valence-corrected chi connectivity index (χ3v) is 3.76. The van der Waals surface area contributed by atoms with E-state index < -0.39 is 0 Å². The molecular formula is C15H13IN2. The van der Waals surface area contributed by atoms with Crippen LogP contribution in [0.4, 0.5) is 0 Å². The first kappa shape index (κ1) is 11.7. The number of aryl methyl sites for hydroxylation is 2. The molecule has 3 heteroatoms. The Balaban J connectivity index is 2.19. The fraction of sp³-hybridized carbons (Fsp3) is 0.133. The van der Waals surface area contributed by atoms with Gasteiger partial charge in [-0.3, -0.25) is 0 Å². The molecule has 0 radical (unpaired) electrons. The minimum atomic E-state index is 0.940. The molecule has 3 rings (SSSR count). The second-order valence-electron chi connectivity index (χ2n) is 4.57. The van der Waals surface area contributed by atoms with Gasteiger partial charge in [0.25, 0.3) is 0 Å². The van der Waals surface area contributed by atoms with Gasteiger partial charge in [0.2, 0.25) is 0 Å². The summed E-state index contributed by atoms with van der Waals surface area (Å²) >= 11 is 2.31. The number of nitrogens with one attached hydrogen (secondary N) is 1. The van der Waals surface area contributed by atoms with E-state index in [2.05, 4.69) is 77.8 Å². The standard InChI is InChI=1S/C15H13IN2/c1-9-7-10(2)14-13(8-9)17-15(18-14)11-3-5-12(16)6-4-11/h3-8H,1-2H3,(H,17,18). The molecule has 0 amide bonds. The summed E-state index contributed by atoms with van der Waals surface area (Å²) in [5.41, 5.74) is 5.79.